The molecule has 34 heavy (non-hydrogen) atoms. The summed E-state index contributed by atoms with van der Waals surface area (Å²) in [7, 11) is -4.30. The summed E-state index contributed by atoms with van der Waals surface area (Å²) in [5.74, 6) is -1.91. The van der Waals surface area contributed by atoms with Crippen molar-refractivity contribution in [1.82, 2.24) is 29.2 Å². The topological polar surface area (TPSA) is 106 Å². The number of sulfonamides is 1. The number of aromatic amines is 1. The molecule has 176 valence electrons. The van der Waals surface area contributed by atoms with Gasteiger partial charge in [-0.25, -0.2) is 31.6 Å². The zero-order valence-electron chi connectivity index (χ0n) is 17.6. The fourth-order valence-corrected chi connectivity index (χ4v) is 5.22. The molecule has 0 spiro atoms. The van der Waals surface area contributed by atoms with Crippen molar-refractivity contribution in [1.29, 1.82) is 0 Å². The number of fused-ring (bicyclic) bond motifs is 1. The summed E-state index contributed by atoms with van der Waals surface area (Å²) in [5.41, 5.74) is 0.693. The van der Waals surface area contributed by atoms with Crippen molar-refractivity contribution in [2.24, 2.45) is 0 Å². The fourth-order valence-electron chi connectivity index (χ4n) is 4.22. The monoisotopic (exact) mass is 488 g/mol. The number of hydrogen-bond donors (Lipinski definition) is 2. The largest absolute Gasteiger partial charge is 0.343 e. The quantitative estimate of drug-likeness (QED) is 0.404. The lowest BCUT2D eigenvalue weighted by atomic mass is 9.88. The molecule has 0 amide bonds. The normalized spacial score (nSPS) is 16.9. The van der Waals surface area contributed by atoms with Crippen LogP contribution in [-0.2, 0) is 23.0 Å². The van der Waals surface area contributed by atoms with Crippen molar-refractivity contribution in [2.75, 3.05) is 0 Å². The van der Waals surface area contributed by atoms with Gasteiger partial charge in [-0.2, -0.15) is 4.72 Å². The highest BCUT2D eigenvalue weighted by atomic mass is 32.2. The summed E-state index contributed by atoms with van der Waals surface area (Å²) < 4.78 is 73.5. The Kier molecular flexibility index (Phi) is 5.70. The van der Waals surface area contributed by atoms with Gasteiger partial charge in [-0.05, 0) is 37.1 Å². The van der Waals surface area contributed by atoms with Crippen LogP contribution in [-0.4, -0.2) is 32.9 Å². The van der Waals surface area contributed by atoms with Crippen molar-refractivity contribution in [2.45, 2.75) is 36.5 Å². The summed E-state index contributed by atoms with van der Waals surface area (Å²) in [4.78, 5) is 15.0. The van der Waals surface area contributed by atoms with Crippen LogP contribution in [0.25, 0.3) is 11.5 Å². The second-order valence-electron chi connectivity index (χ2n) is 7.90. The van der Waals surface area contributed by atoms with Gasteiger partial charge in [0.05, 0.1) is 6.33 Å². The van der Waals surface area contributed by atoms with Crippen LogP contribution >= 0.6 is 0 Å². The summed E-state index contributed by atoms with van der Waals surface area (Å²) in [6.45, 7) is 0.235. The molecule has 12 heteroatoms. The van der Waals surface area contributed by atoms with E-state index in [1.807, 2.05) is 0 Å². The maximum absolute atomic E-state index is 15.4. The Labute approximate surface area is 193 Å². The highest BCUT2D eigenvalue weighted by Gasteiger charge is 2.31. The van der Waals surface area contributed by atoms with E-state index in [9.17, 15) is 17.2 Å². The highest BCUT2D eigenvalue weighted by molar-refractivity contribution is 7.89. The number of benzene rings is 1. The molecule has 3 aromatic heterocycles. The van der Waals surface area contributed by atoms with Crippen LogP contribution < -0.4 is 4.72 Å². The van der Waals surface area contributed by atoms with Gasteiger partial charge in [-0.1, -0.05) is 0 Å². The molecule has 0 saturated heterocycles. The number of H-pyrrole nitrogens is 1. The third-order valence-electron chi connectivity index (χ3n) is 5.86. The van der Waals surface area contributed by atoms with Crippen LogP contribution in [0.15, 0.2) is 60.3 Å². The van der Waals surface area contributed by atoms with E-state index in [0.29, 0.717) is 24.4 Å². The van der Waals surface area contributed by atoms with E-state index < -0.39 is 39.4 Å². The Morgan fingerprint density at radius 3 is 2.76 bits per heavy atom. The number of aromatic nitrogens is 5. The van der Waals surface area contributed by atoms with Gasteiger partial charge in [0.15, 0.2) is 12.1 Å². The van der Waals surface area contributed by atoms with Gasteiger partial charge in [-0.3, -0.25) is 4.98 Å². The van der Waals surface area contributed by atoms with Crippen molar-refractivity contribution < 1.29 is 21.6 Å². The predicted octanol–water partition coefficient (Wildman–Crippen LogP) is 3.62. The maximum Gasteiger partial charge on any atom is 0.244 e. The number of nitrogens with zero attached hydrogens (tertiary/aromatic N) is 4. The number of nitrogens with one attached hydrogen (secondary N) is 2. The minimum atomic E-state index is -4.30. The van der Waals surface area contributed by atoms with Crippen molar-refractivity contribution in [3.63, 3.8) is 0 Å². The molecule has 4 aromatic rings. The first kappa shape index (κ1) is 22.3. The van der Waals surface area contributed by atoms with Crippen LogP contribution in [0, 0.1) is 11.6 Å². The molecule has 4 heterocycles. The first-order valence-electron chi connectivity index (χ1n) is 10.4. The van der Waals surface area contributed by atoms with Crippen LogP contribution in [0.5, 0.6) is 0 Å². The van der Waals surface area contributed by atoms with Gasteiger partial charge in [0.25, 0.3) is 0 Å². The predicted molar refractivity (Wildman–Crippen MR) is 116 cm³/mol. The lowest BCUT2D eigenvalue weighted by Gasteiger charge is -2.26. The lowest BCUT2D eigenvalue weighted by Crippen LogP contribution is -2.28. The molecular formula is C22H19F3N6O2S. The molecule has 1 aliphatic heterocycles. The van der Waals surface area contributed by atoms with Gasteiger partial charge < -0.3 is 9.55 Å². The fraction of sp³-hybridized carbons (Fsp3) is 0.227. The van der Waals surface area contributed by atoms with E-state index in [1.54, 1.807) is 28.0 Å². The number of halogens is 3. The summed E-state index contributed by atoms with van der Waals surface area (Å²) >= 11 is 0. The van der Waals surface area contributed by atoms with E-state index in [1.165, 1.54) is 18.3 Å². The van der Waals surface area contributed by atoms with Crippen LogP contribution in [0.4, 0.5) is 13.2 Å². The minimum absolute atomic E-state index is 0.235. The van der Waals surface area contributed by atoms with Crippen LogP contribution in [0.1, 0.15) is 35.5 Å². The van der Waals surface area contributed by atoms with Crippen LogP contribution in [0.3, 0.4) is 0 Å². The Balaban J connectivity index is 1.42. The summed E-state index contributed by atoms with van der Waals surface area (Å²) in [6, 6.07) is 4.47. The molecule has 1 unspecified atom stereocenters. The SMILES string of the molecule is O=S(=O)(NC(F)c1ccc(F)c([C@H]2CCc3c(-c4ncc[nH]4)ncn3C2)c1F)c1cccnc1. The molecule has 0 radical (unpaired) electrons. The van der Waals surface area contributed by atoms with Crippen LogP contribution in [0.2, 0.25) is 0 Å². The Morgan fingerprint density at radius 1 is 1.18 bits per heavy atom. The van der Waals surface area contributed by atoms with Gasteiger partial charge in [0, 0.05) is 54.1 Å². The molecule has 0 saturated carbocycles. The van der Waals surface area contributed by atoms with Gasteiger partial charge in [0.1, 0.15) is 22.2 Å². The molecule has 1 aliphatic rings. The molecule has 5 rings (SSSR count). The van der Waals surface area contributed by atoms with E-state index >= 15 is 4.39 Å². The Bertz CT molecular complexity index is 1420. The standard InChI is InChI=1S/C22H19F3N6O2S/c23-16-5-4-15(21(25)30-34(32,33)14-2-1-7-26-10-14)19(24)18(16)13-3-6-17-20(22-27-8-9-28-22)29-12-31(17)11-13/h1-2,4-5,7-10,12-13,21,30H,3,6,11H2,(H,27,28)/t13-,21?/m0/s1. The van der Waals surface area contributed by atoms with Crippen molar-refractivity contribution >= 4 is 10.0 Å². The molecule has 0 aliphatic carbocycles. The third kappa shape index (κ3) is 3.99. The molecule has 0 bridgehead atoms. The highest BCUT2D eigenvalue weighted by Crippen LogP contribution is 2.37. The molecule has 1 aromatic carbocycles. The molecular weight excluding hydrogens is 469 g/mol. The summed E-state index contributed by atoms with van der Waals surface area (Å²) in [5, 5.41) is 0. The molecule has 0 fully saturated rings. The van der Waals surface area contributed by atoms with Gasteiger partial charge >= 0.3 is 0 Å². The average Bonchev–Trinajstić information content (AvgIpc) is 3.49. The minimum Gasteiger partial charge on any atom is -0.343 e. The second-order valence-corrected chi connectivity index (χ2v) is 9.62. The Morgan fingerprint density at radius 2 is 2.03 bits per heavy atom. The van der Waals surface area contributed by atoms with E-state index in [-0.39, 0.29) is 17.0 Å². The second kappa shape index (κ2) is 8.69. The van der Waals surface area contributed by atoms with E-state index in [2.05, 4.69) is 19.9 Å². The van der Waals surface area contributed by atoms with E-state index in [4.69, 9.17) is 0 Å². The molecule has 8 nitrogen and oxygen atoms in total. The first-order chi connectivity index (χ1) is 16.3. The maximum atomic E-state index is 15.4. The number of hydrogen-bond acceptors (Lipinski definition) is 5. The number of pyridine rings is 1. The Hall–Kier alpha value is -3.51. The lowest BCUT2D eigenvalue weighted by molar-refractivity contribution is 0.309. The smallest absolute Gasteiger partial charge is 0.244 e. The first-order valence-corrected chi connectivity index (χ1v) is 11.9. The van der Waals surface area contributed by atoms with Crippen molar-refractivity contribution in [3.05, 3.63) is 83.8 Å². The van der Waals surface area contributed by atoms with Crippen molar-refractivity contribution in [3.8, 4) is 11.5 Å². The average molecular weight is 488 g/mol. The molecule has 2 atom stereocenters. The number of alkyl halides is 1. The number of imidazole rings is 2. The van der Waals surface area contributed by atoms with Gasteiger partial charge in [-0.15, -0.1) is 0 Å². The number of rotatable bonds is 6. The zero-order valence-corrected chi connectivity index (χ0v) is 18.4. The molecule has 2 N–H and O–H groups in total. The zero-order chi connectivity index (χ0) is 23.9. The third-order valence-corrected chi connectivity index (χ3v) is 7.24. The summed E-state index contributed by atoms with van der Waals surface area (Å²) in [6.07, 6.45) is 5.75. The van der Waals surface area contributed by atoms with E-state index in [0.717, 1.165) is 24.0 Å². The van der Waals surface area contributed by atoms with Gasteiger partial charge in [0.2, 0.25) is 10.0 Å².